The highest BCUT2D eigenvalue weighted by atomic mass is 32.2. The summed E-state index contributed by atoms with van der Waals surface area (Å²) >= 11 is 0. The first-order valence-electron chi connectivity index (χ1n) is 14.5. The number of aryl methyl sites for hydroxylation is 1. The van der Waals surface area contributed by atoms with E-state index in [4.69, 9.17) is 0 Å². The third-order valence-electron chi connectivity index (χ3n) is 7.36. The number of anilines is 1. The number of hydrogen-bond acceptors (Lipinski definition) is 4. The van der Waals surface area contributed by atoms with Gasteiger partial charge in [-0.15, -0.1) is 0 Å². The van der Waals surface area contributed by atoms with Crippen LogP contribution < -0.4 is 9.62 Å². The molecule has 0 aliphatic carbocycles. The number of carbonyl (C=O) groups is 2. The number of para-hydroxylation sites is 1. The molecule has 0 spiro atoms. The number of nitrogens with zero attached hydrogens (tertiary/aromatic N) is 2. The quantitative estimate of drug-likeness (QED) is 0.213. The highest BCUT2D eigenvalue weighted by Gasteiger charge is 2.34. The van der Waals surface area contributed by atoms with Crippen LogP contribution in [0.1, 0.15) is 37.0 Å². The first-order chi connectivity index (χ1) is 20.7. The van der Waals surface area contributed by atoms with Gasteiger partial charge < -0.3 is 10.2 Å². The highest BCUT2D eigenvalue weighted by Crippen LogP contribution is 2.25. The van der Waals surface area contributed by atoms with Crippen LogP contribution in [0, 0.1) is 6.92 Å². The average Bonchev–Trinajstić information content (AvgIpc) is 3.02. The molecular weight excluding hydrogens is 558 g/mol. The van der Waals surface area contributed by atoms with Crippen molar-refractivity contribution in [2.75, 3.05) is 10.8 Å². The lowest BCUT2D eigenvalue weighted by Gasteiger charge is -2.34. The Kier molecular flexibility index (Phi) is 10.7. The Labute approximate surface area is 255 Å². The number of carbonyl (C=O) groups excluding carboxylic acids is 2. The van der Waals surface area contributed by atoms with Gasteiger partial charge in [0.1, 0.15) is 12.6 Å². The molecule has 2 atom stereocenters. The van der Waals surface area contributed by atoms with E-state index < -0.39 is 28.5 Å². The van der Waals surface area contributed by atoms with Crippen molar-refractivity contribution >= 4 is 27.5 Å². The molecule has 0 saturated heterocycles. The lowest BCUT2D eigenvalue weighted by Crippen LogP contribution is -2.54. The number of benzene rings is 4. The van der Waals surface area contributed by atoms with Gasteiger partial charge in [-0.05, 0) is 55.7 Å². The Morgan fingerprint density at radius 2 is 1.37 bits per heavy atom. The van der Waals surface area contributed by atoms with Gasteiger partial charge in [0.2, 0.25) is 11.8 Å². The van der Waals surface area contributed by atoms with Crippen LogP contribution in [0.25, 0.3) is 0 Å². The smallest absolute Gasteiger partial charge is 0.264 e. The largest absolute Gasteiger partial charge is 0.352 e. The van der Waals surface area contributed by atoms with Crippen LogP contribution in [0.4, 0.5) is 5.69 Å². The Balaban J connectivity index is 1.79. The van der Waals surface area contributed by atoms with Crippen molar-refractivity contribution in [3.63, 3.8) is 0 Å². The van der Waals surface area contributed by atoms with E-state index in [0.717, 1.165) is 27.4 Å². The van der Waals surface area contributed by atoms with Crippen LogP contribution in [0.15, 0.2) is 120 Å². The molecule has 8 heteroatoms. The van der Waals surface area contributed by atoms with E-state index in [2.05, 4.69) is 5.32 Å². The van der Waals surface area contributed by atoms with E-state index in [1.54, 1.807) is 48.5 Å². The molecule has 2 amide bonds. The zero-order chi connectivity index (χ0) is 30.8. The molecule has 0 aromatic heterocycles. The molecule has 0 aliphatic rings. The van der Waals surface area contributed by atoms with Crippen LogP contribution in [0.5, 0.6) is 0 Å². The summed E-state index contributed by atoms with van der Waals surface area (Å²) in [5, 5.41) is 3.06. The van der Waals surface area contributed by atoms with Gasteiger partial charge in [-0.1, -0.05) is 103 Å². The van der Waals surface area contributed by atoms with Gasteiger partial charge in [0.15, 0.2) is 0 Å². The lowest BCUT2D eigenvalue weighted by molar-refractivity contribution is -0.140. The summed E-state index contributed by atoms with van der Waals surface area (Å²) in [7, 11) is -4.10. The van der Waals surface area contributed by atoms with Crippen LogP contribution in [0.2, 0.25) is 0 Å². The van der Waals surface area contributed by atoms with Crippen molar-refractivity contribution in [2.45, 2.75) is 57.1 Å². The molecule has 4 rings (SSSR count). The van der Waals surface area contributed by atoms with Gasteiger partial charge in [-0.25, -0.2) is 8.42 Å². The molecule has 7 nitrogen and oxygen atoms in total. The fourth-order valence-corrected chi connectivity index (χ4v) is 6.28. The fourth-order valence-electron chi connectivity index (χ4n) is 4.84. The second-order valence-corrected chi connectivity index (χ2v) is 12.6. The number of amides is 2. The molecule has 0 aliphatic heterocycles. The fraction of sp³-hybridized carbons (Fsp3) is 0.257. The maximum Gasteiger partial charge on any atom is 0.264 e. The number of nitrogens with one attached hydrogen (secondary N) is 1. The predicted molar refractivity (Wildman–Crippen MR) is 171 cm³/mol. The van der Waals surface area contributed by atoms with Gasteiger partial charge in [0.25, 0.3) is 10.0 Å². The van der Waals surface area contributed by atoms with E-state index in [9.17, 15) is 18.0 Å². The Hall–Kier alpha value is -4.43. The molecule has 0 saturated carbocycles. The van der Waals surface area contributed by atoms with Gasteiger partial charge in [-0.3, -0.25) is 13.9 Å². The predicted octanol–water partition coefficient (Wildman–Crippen LogP) is 5.75. The Morgan fingerprint density at radius 3 is 1.98 bits per heavy atom. The molecule has 224 valence electrons. The minimum Gasteiger partial charge on any atom is -0.352 e. The number of hydrogen-bond donors (Lipinski definition) is 1. The third-order valence-corrected chi connectivity index (χ3v) is 9.15. The highest BCUT2D eigenvalue weighted by molar-refractivity contribution is 7.92. The van der Waals surface area contributed by atoms with Crippen LogP contribution in [-0.2, 0) is 32.6 Å². The number of rotatable bonds is 13. The first kappa shape index (κ1) is 31.5. The van der Waals surface area contributed by atoms with E-state index in [0.29, 0.717) is 5.69 Å². The summed E-state index contributed by atoms with van der Waals surface area (Å²) in [5.74, 6) is -0.763. The SMILES string of the molecule is CCC(C)NC(=O)C(Cc1ccccc1)N(Cc1cccc(C)c1)C(=O)CN(c1ccccc1)S(=O)(=O)c1ccccc1. The zero-order valence-corrected chi connectivity index (χ0v) is 25.7. The summed E-state index contributed by atoms with van der Waals surface area (Å²) in [6.07, 6.45) is 1.00. The van der Waals surface area contributed by atoms with Crippen LogP contribution in [0.3, 0.4) is 0 Å². The van der Waals surface area contributed by atoms with Crippen molar-refractivity contribution in [1.82, 2.24) is 10.2 Å². The summed E-state index contributed by atoms with van der Waals surface area (Å²) in [6, 6.07) is 33.0. The minimum atomic E-state index is -4.10. The van der Waals surface area contributed by atoms with E-state index in [1.807, 2.05) is 75.4 Å². The van der Waals surface area contributed by atoms with Gasteiger partial charge >= 0.3 is 0 Å². The first-order valence-corrected chi connectivity index (χ1v) is 15.9. The molecule has 1 N–H and O–H groups in total. The topological polar surface area (TPSA) is 86.8 Å². The summed E-state index contributed by atoms with van der Waals surface area (Å²) in [5.41, 5.74) is 3.12. The molecule has 0 bridgehead atoms. The van der Waals surface area contributed by atoms with Crippen molar-refractivity contribution in [2.24, 2.45) is 0 Å². The normalized spacial score (nSPS) is 12.6. The maximum atomic E-state index is 14.4. The lowest BCUT2D eigenvalue weighted by atomic mass is 10.0. The maximum absolute atomic E-state index is 14.4. The summed E-state index contributed by atoms with van der Waals surface area (Å²) in [4.78, 5) is 29.9. The molecule has 2 unspecified atom stereocenters. The molecule has 43 heavy (non-hydrogen) atoms. The van der Waals surface area contributed by atoms with Crippen molar-refractivity contribution < 1.29 is 18.0 Å². The van der Waals surface area contributed by atoms with E-state index in [-0.39, 0.29) is 29.8 Å². The van der Waals surface area contributed by atoms with E-state index in [1.165, 1.54) is 17.0 Å². The van der Waals surface area contributed by atoms with Crippen LogP contribution in [-0.4, -0.2) is 43.8 Å². The van der Waals surface area contributed by atoms with Gasteiger partial charge in [-0.2, -0.15) is 0 Å². The Bertz CT molecular complexity index is 1600. The molecule has 0 radical (unpaired) electrons. The Morgan fingerprint density at radius 1 is 0.791 bits per heavy atom. The monoisotopic (exact) mass is 597 g/mol. The zero-order valence-electron chi connectivity index (χ0n) is 24.9. The summed E-state index contributed by atoms with van der Waals surface area (Å²) in [6.45, 7) is 5.54. The molecule has 4 aromatic carbocycles. The average molecular weight is 598 g/mol. The van der Waals surface area contributed by atoms with Gasteiger partial charge in [0.05, 0.1) is 10.6 Å². The summed E-state index contributed by atoms with van der Waals surface area (Å²) < 4.78 is 29.0. The second-order valence-electron chi connectivity index (χ2n) is 10.7. The third kappa shape index (κ3) is 8.32. The standard InChI is InChI=1S/C35H39N3O4S/c1-4-28(3)36-35(40)33(24-29-16-8-5-9-17-29)37(25-30-18-14-15-27(2)23-30)34(39)26-38(31-19-10-6-11-20-31)43(41,42)32-21-12-7-13-22-32/h5-23,28,33H,4,24-26H2,1-3H3,(H,36,40). The van der Waals surface area contributed by atoms with Crippen molar-refractivity contribution in [3.05, 3.63) is 132 Å². The molecular formula is C35H39N3O4S. The van der Waals surface area contributed by atoms with Crippen LogP contribution >= 0.6 is 0 Å². The van der Waals surface area contributed by atoms with Crippen molar-refractivity contribution in [3.8, 4) is 0 Å². The van der Waals surface area contributed by atoms with Gasteiger partial charge in [0, 0.05) is 19.0 Å². The second kappa shape index (κ2) is 14.6. The number of sulfonamides is 1. The molecule has 0 heterocycles. The molecule has 4 aromatic rings. The van der Waals surface area contributed by atoms with Crippen molar-refractivity contribution in [1.29, 1.82) is 0 Å². The molecule has 0 fully saturated rings. The minimum absolute atomic E-state index is 0.0761. The van der Waals surface area contributed by atoms with E-state index >= 15 is 0 Å².